The molecular formula is C19H25Cl2NSiTi-. The van der Waals surface area contributed by atoms with E-state index in [4.69, 9.17) is 24.3 Å². The summed E-state index contributed by atoms with van der Waals surface area (Å²) < 4.78 is 0. The zero-order valence-corrected chi connectivity index (χ0v) is 19.1. The molecule has 0 amide bonds. The molecule has 0 saturated carbocycles. The van der Waals surface area contributed by atoms with E-state index in [0.717, 1.165) is 6.42 Å². The van der Waals surface area contributed by atoms with Crippen LogP contribution < -0.4 is 5.19 Å². The van der Waals surface area contributed by atoms with Gasteiger partial charge in [0.15, 0.2) is 0 Å². The molecule has 1 N–H and O–H groups in total. The maximum atomic E-state index is 6.94. The topological polar surface area (TPSA) is 23.8 Å². The number of hydrogen-bond donors (Lipinski definition) is 0. The van der Waals surface area contributed by atoms with E-state index in [1.807, 2.05) is 20.8 Å². The van der Waals surface area contributed by atoms with E-state index in [1.54, 1.807) is 10.8 Å². The van der Waals surface area contributed by atoms with Gasteiger partial charge in [-0.3, -0.25) is 0 Å². The van der Waals surface area contributed by atoms with Gasteiger partial charge in [-0.15, -0.1) is 5.54 Å². The fourth-order valence-corrected chi connectivity index (χ4v) is 3.88. The van der Waals surface area contributed by atoms with E-state index >= 15 is 0 Å². The first-order valence-electron chi connectivity index (χ1n) is 7.91. The van der Waals surface area contributed by atoms with Crippen molar-refractivity contribution in [1.82, 2.24) is 0 Å². The molecule has 0 atom stereocenters. The van der Waals surface area contributed by atoms with E-state index in [2.05, 4.69) is 55.6 Å². The van der Waals surface area contributed by atoms with Gasteiger partial charge in [-0.25, -0.2) is 0 Å². The van der Waals surface area contributed by atoms with Crippen LogP contribution in [0.4, 0.5) is 0 Å². The predicted molar refractivity (Wildman–Crippen MR) is 108 cm³/mol. The monoisotopic (exact) mass is 413 g/mol. The molecule has 0 saturated heterocycles. The van der Waals surface area contributed by atoms with Crippen LogP contribution in [0.3, 0.4) is 0 Å². The second kappa shape index (κ2) is 10.2. The Hall–Kier alpha value is -0.0888. The van der Waals surface area contributed by atoms with Gasteiger partial charge >= 0.3 is 35.6 Å². The number of benzene rings is 2. The summed E-state index contributed by atoms with van der Waals surface area (Å²) in [4.78, 5) is 0. The second-order valence-corrected chi connectivity index (χ2v) is 12.1. The summed E-state index contributed by atoms with van der Waals surface area (Å²) in [7, 11) is 9.42. The summed E-state index contributed by atoms with van der Waals surface area (Å²) >= 11 is -0.556. The molecule has 0 aromatic heterocycles. The molecule has 0 heterocycles. The summed E-state index contributed by atoms with van der Waals surface area (Å²) in [6.07, 6.45) is 1.14. The molecular weight excluding hydrogens is 389 g/mol. The standard InChI is InChI=1S/C15H15Si.C4H10N.2ClH.Ti/c1-16(2)15-9-5-8-13-12-7-4-3-6-11(12)10-14(13)15;1-4(2,3)5;;;/h3-9H,10H2,1-2H3;5H,1-3H3;2*1H;/q;-1;;;+2/p-2. The van der Waals surface area contributed by atoms with E-state index in [1.165, 1.54) is 16.7 Å². The van der Waals surface area contributed by atoms with Gasteiger partial charge in [-0.1, -0.05) is 81.5 Å². The van der Waals surface area contributed by atoms with Crippen LogP contribution in [0.1, 0.15) is 31.9 Å². The zero-order chi connectivity index (χ0) is 18.3. The molecule has 2 aromatic carbocycles. The Kier molecular flexibility index (Phi) is 9.29. The van der Waals surface area contributed by atoms with Crippen molar-refractivity contribution in [3.8, 4) is 11.1 Å². The van der Waals surface area contributed by atoms with Gasteiger partial charge in [0.2, 0.25) is 0 Å². The quantitative estimate of drug-likeness (QED) is 0.410. The summed E-state index contributed by atoms with van der Waals surface area (Å²) in [5.74, 6) is 0. The van der Waals surface area contributed by atoms with Crippen LogP contribution in [0.25, 0.3) is 16.9 Å². The Bertz CT molecular complexity index is 648. The molecule has 1 aliphatic rings. The fourth-order valence-electron chi connectivity index (χ4n) is 2.63. The Morgan fingerprint density at radius 1 is 0.958 bits per heavy atom. The van der Waals surface area contributed by atoms with Gasteiger partial charge in [0.25, 0.3) is 0 Å². The van der Waals surface area contributed by atoms with Crippen molar-refractivity contribution in [3.05, 3.63) is 59.3 Å². The molecule has 1 nitrogen and oxygen atoms in total. The predicted octanol–water partition coefficient (Wildman–Crippen LogP) is 6.43. The van der Waals surface area contributed by atoms with E-state index in [0.29, 0.717) is 0 Å². The van der Waals surface area contributed by atoms with Crippen molar-refractivity contribution in [2.24, 2.45) is 0 Å². The first kappa shape index (κ1) is 22.0. The average molecular weight is 414 g/mol. The van der Waals surface area contributed by atoms with Gasteiger partial charge in [-0.05, 0) is 28.7 Å². The van der Waals surface area contributed by atoms with Gasteiger partial charge in [0.05, 0.1) is 8.80 Å². The zero-order valence-electron chi connectivity index (χ0n) is 15.0. The summed E-state index contributed by atoms with van der Waals surface area (Å²) in [6, 6.07) is 15.6. The van der Waals surface area contributed by atoms with Crippen LogP contribution in [0.5, 0.6) is 0 Å². The van der Waals surface area contributed by atoms with E-state index in [-0.39, 0.29) is 14.3 Å². The number of halogens is 2. The minimum absolute atomic E-state index is 0.250. The normalized spacial score (nSPS) is 11.5. The molecule has 129 valence electrons. The molecule has 0 fully saturated rings. The first-order chi connectivity index (χ1) is 11.2. The maximum absolute atomic E-state index is 6.94. The minimum atomic E-state index is -0.556. The fraction of sp³-hybridized carbons (Fsp3) is 0.368. The summed E-state index contributed by atoms with van der Waals surface area (Å²) in [5, 5.41) is 1.61. The SMILES string of the molecule is CC(C)(C)[NH-].C[Si](C)c1cccc2c1Cc1ccccc1-2.[Cl][Ti][Cl]. The second-order valence-electron chi connectivity index (χ2n) is 6.99. The number of fused-ring (bicyclic) bond motifs is 3. The number of hydrogen-bond acceptors (Lipinski definition) is 0. The van der Waals surface area contributed by atoms with Crippen LogP contribution in [0.15, 0.2) is 42.5 Å². The van der Waals surface area contributed by atoms with E-state index in [9.17, 15) is 0 Å². The van der Waals surface area contributed by atoms with Crippen LogP contribution in [-0.4, -0.2) is 14.3 Å². The van der Waals surface area contributed by atoms with Gasteiger partial charge in [0, 0.05) is 0 Å². The van der Waals surface area contributed by atoms with Crippen molar-refractivity contribution in [2.75, 3.05) is 0 Å². The third kappa shape index (κ3) is 7.03. The van der Waals surface area contributed by atoms with Crippen molar-refractivity contribution >= 4 is 32.6 Å². The molecule has 0 spiro atoms. The van der Waals surface area contributed by atoms with E-state index < -0.39 is 17.0 Å². The summed E-state index contributed by atoms with van der Waals surface area (Å²) in [5.41, 5.74) is 12.7. The van der Waals surface area contributed by atoms with Gasteiger partial charge in [0.1, 0.15) is 0 Å². The van der Waals surface area contributed by atoms with Crippen LogP contribution in [0, 0.1) is 0 Å². The Balaban J connectivity index is 0.000000307. The van der Waals surface area contributed by atoms with Gasteiger partial charge in [-0.2, -0.15) is 0 Å². The van der Waals surface area contributed by atoms with Crippen LogP contribution >= 0.6 is 18.6 Å². The molecule has 3 rings (SSSR count). The average Bonchev–Trinajstić information content (AvgIpc) is 2.84. The molecule has 1 radical (unpaired) electrons. The first-order valence-corrected chi connectivity index (χ1v) is 14.7. The molecule has 1 aliphatic carbocycles. The summed E-state index contributed by atoms with van der Waals surface area (Å²) in [6.45, 7) is 10.3. The van der Waals surface area contributed by atoms with Crippen molar-refractivity contribution in [2.45, 2.75) is 45.8 Å². The number of nitrogens with one attached hydrogen (secondary N) is 1. The third-order valence-electron chi connectivity index (χ3n) is 3.39. The molecule has 0 aliphatic heterocycles. The van der Waals surface area contributed by atoms with Crippen molar-refractivity contribution < 1.29 is 17.0 Å². The Morgan fingerprint density at radius 3 is 2.00 bits per heavy atom. The van der Waals surface area contributed by atoms with Gasteiger partial charge < -0.3 is 5.73 Å². The van der Waals surface area contributed by atoms with Crippen molar-refractivity contribution in [3.63, 3.8) is 0 Å². The molecule has 24 heavy (non-hydrogen) atoms. The molecule has 0 unspecified atom stereocenters. The third-order valence-corrected chi connectivity index (χ3v) is 4.94. The van der Waals surface area contributed by atoms with Crippen molar-refractivity contribution in [1.29, 1.82) is 0 Å². The molecule has 5 heteroatoms. The van der Waals surface area contributed by atoms with Crippen LogP contribution in [0.2, 0.25) is 13.1 Å². The molecule has 0 bridgehead atoms. The Morgan fingerprint density at radius 2 is 1.46 bits per heavy atom. The molecule has 2 aromatic rings. The number of rotatable bonds is 1. The van der Waals surface area contributed by atoms with Crippen LogP contribution in [-0.2, 0) is 23.5 Å². The Labute approximate surface area is 165 Å².